The third-order valence-electron chi connectivity index (χ3n) is 5.98. The van der Waals surface area contributed by atoms with Gasteiger partial charge in [-0.1, -0.05) is 15.9 Å². The van der Waals surface area contributed by atoms with Gasteiger partial charge in [0.25, 0.3) is 0 Å². The van der Waals surface area contributed by atoms with E-state index in [2.05, 4.69) is 15.9 Å². The Morgan fingerprint density at radius 1 is 0.571 bits per heavy atom. The molecule has 0 fully saturated rings. The maximum absolute atomic E-state index is 13.7. The number of esters is 2. The van der Waals surface area contributed by atoms with Crippen LogP contribution in [0.15, 0.2) is 93.1 Å². The molecule has 12 heteroatoms. The van der Waals surface area contributed by atoms with E-state index in [0.717, 1.165) is 6.07 Å². The monoisotopic (exact) mass is 656 g/mol. The van der Waals surface area contributed by atoms with Crippen LogP contribution in [0, 0.1) is 0 Å². The normalized spacial score (nSPS) is 10.9. The molecule has 42 heavy (non-hydrogen) atoms. The van der Waals surface area contributed by atoms with Crippen molar-refractivity contribution < 1.29 is 46.4 Å². The molecule has 10 nitrogen and oxygen atoms in total. The molecule has 0 aliphatic carbocycles. The summed E-state index contributed by atoms with van der Waals surface area (Å²) in [4.78, 5) is 25.5. The molecule has 0 atom stereocenters. The van der Waals surface area contributed by atoms with Crippen LogP contribution in [0.25, 0.3) is 0 Å². The number of hydrogen-bond acceptors (Lipinski definition) is 10. The average molecular weight is 657 g/mol. The van der Waals surface area contributed by atoms with Crippen LogP contribution in [0.3, 0.4) is 0 Å². The Morgan fingerprint density at radius 2 is 1.05 bits per heavy atom. The van der Waals surface area contributed by atoms with Crippen LogP contribution in [-0.2, 0) is 9.84 Å². The van der Waals surface area contributed by atoms with Crippen molar-refractivity contribution in [2.45, 2.75) is 9.79 Å². The molecular formula is C30H25BrO10S. The summed E-state index contributed by atoms with van der Waals surface area (Å²) >= 11 is 3.29. The first kappa shape index (κ1) is 30.4. The molecule has 4 rings (SSSR count). The van der Waals surface area contributed by atoms with E-state index in [1.54, 1.807) is 12.1 Å². The Hall–Kier alpha value is -4.55. The van der Waals surface area contributed by atoms with Gasteiger partial charge in [0.15, 0.2) is 28.7 Å². The van der Waals surface area contributed by atoms with E-state index in [0.29, 0.717) is 21.7 Å². The minimum atomic E-state index is -4.25. The molecule has 0 heterocycles. The van der Waals surface area contributed by atoms with Crippen LogP contribution < -0.4 is 28.4 Å². The summed E-state index contributed by atoms with van der Waals surface area (Å²) in [6, 6.07) is 18.4. The summed E-state index contributed by atoms with van der Waals surface area (Å²) < 4.78 is 60.0. The highest BCUT2D eigenvalue weighted by molar-refractivity contribution is 9.10. The van der Waals surface area contributed by atoms with Crippen molar-refractivity contribution in [1.82, 2.24) is 0 Å². The molecule has 0 saturated heterocycles. The minimum Gasteiger partial charge on any atom is -0.493 e. The van der Waals surface area contributed by atoms with E-state index in [1.165, 1.54) is 89.1 Å². The SMILES string of the molecule is COc1ccc(C(=O)Oc2ccc(OC(=O)c3ccc(OC)c(OC)c3)c(S(=O)(=O)c3ccc(Br)cc3)c2)cc1OC. The molecule has 218 valence electrons. The maximum atomic E-state index is 13.7. The van der Waals surface area contributed by atoms with Gasteiger partial charge in [-0.2, -0.15) is 0 Å². The Morgan fingerprint density at radius 3 is 1.55 bits per heavy atom. The molecule has 0 N–H and O–H groups in total. The van der Waals surface area contributed by atoms with Crippen molar-refractivity contribution >= 4 is 37.7 Å². The predicted molar refractivity (Wildman–Crippen MR) is 155 cm³/mol. The number of benzene rings is 4. The highest BCUT2D eigenvalue weighted by atomic mass is 79.9. The van der Waals surface area contributed by atoms with Gasteiger partial charge in [-0.25, -0.2) is 18.0 Å². The van der Waals surface area contributed by atoms with Gasteiger partial charge in [-0.3, -0.25) is 0 Å². The number of rotatable bonds is 10. The standard InChI is InChI=1S/C30H25BrO10S/c1-36-23-12-5-18(15-26(23)38-3)29(32)40-21-9-14-25(28(17-21)42(34,35)22-10-7-20(31)8-11-22)41-30(33)19-6-13-24(37-2)27(16-19)39-4/h5-17H,1-4H3. The first-order valence-corrected chi connectivity index (χ1v) is 14.4. The molecule has 0 aliphatic rings. The molecule has 0 aromatic heterocycles. The van der Waals surface area contributed by atoms with Crippen molar-refractivity contribution in [2.75, 3.05) is 28.4 Å². The molecule has 0 amide bonds. The third kappa shape index (κ3) is 6.50. The zero-order valence-corrected chi connectivity index (χ0v) is 25.3. The molecule has 0 unspecified atom stereocenters. The van der Waals surface area contributed by atoms with Crippen LogP contribution in [0.2, 0.25) is 0 Å². The number of halogens is 1. The molecule has 0 aliphatic heterocycles. The van der Waals surface area contributed by atoms with Crippen LogP contribution in [0.5, 0.6) is 34.5 Å². The van der Waals surface area contributed by atoms with Crippen LogP contribution in [0.1, 0.15) is 20.7 Å². The molecule has 0 radical (unpaired) electrons. The summed E-state index contributed by atoms with van der Waals surface area (Å²) in [5, 5.41) is 0. The van der Waals surface area contributed by atoms with Gasteiger partial charge in [0, 0.05) is 10.5 Å². The van der Waals surface area contributed by atoms with Crippen molar-refractivity contribution in [2.24, 2.45) is 0 Å². The van der Waals surface area contributed by atoms with E-state index < -0.39 is 26.7 Å². The van der Waals surface area contributed by atoms with E-state index in [1.807, 2.05) is 0 Å². The maximum Gasteiger partial charge on any atom is 0.343 e. The number of ether oxygens (including phenoxy) is 6. The number of sulfone groups is 1. The lowest BCUT2D eigenvalue weighted by atomic mass is 10.2. The fraction of sp³-hybridized carbons (Fsp3) is 0.133. The van der Waals surface area contributed by atoms with Gasteiger partial charge in [0.1, 0.15) is 10.6 Å². The van der Waals surface area contributed by atoms with Gasteiger partial charge >= 0.3 is 11.9 Å². The van der Waals surface area contributed by atoms with Crippen molar-refractivity contribution in [3.05, 3.63) is 94.5 Å². The topological polar surface area (TPSA) is 124 Å². The highest BCUT2D eigenvalue weighted by Gasteiger charge is 2.26. The van der Waals surface area contributed by atoms with E-state index >= 15 is 0 Å². The summed E-state index contributed by atoms with van der Waals surface area (Å²) in [6.45, 7) is 0. The number of hydrogen-bond donors (Lipinski definition) is 0. The first-order valence-electron chi connectivity index (χ1n) is 12.1. The molecule has 4 aromatic rings. The molecule has 0 spiro atoms. The first-order chi connectivity index (χ1) is 20.1. The largest absolute Gasteiger partial charge is 0.493 e. The van der Waals surface area contributed by atoms with Gasteiger partial charge in [-0.05, 0) is 72.8 Å². The third-order valence-corrected chi connectivity index (χ3v) is 8.30. The second-order valence-corrected chi connectivity index (χ2v) is 11.3. The number of carbonyl (C=O) groups excluding carboxylic acids is 2. The van der Waals surface area contributed by atoms with Crippen LogP contribution in [0.4, 0.5) is 0 Å². The Labute approximate surface area is 250 Å². The average Bonchev–Trinajstić information content (AvgIpc) is 3.01. The number of carbonyl (C=O) groups is 2. The van der Waals surface area contributed by atoms with Crippen LogP contribution in [-0.4, -0.2) is 48.8 Å². The fourth-order valence-electron chi connectivity index (χ4n) is 3.84. The Balaban J connectivity index is 1.72. The Bertz CT molecular complexity index is 1730. The van der Waals surface area contributed by atoms with E-state index in [-0.39, 0.29) is 33.3 Å². The van der Waals surface area contributed by atoms with Crippen molar-refractivity contribution in [1.29, 1.82) is 0 Å². The van der Waals surface area contributed by atoms with Gasteiger partial charge < -0.3 is 28.4 Å². The van der Waals surface area contributed by atoms with Crippen molar-refractivity contribution in [3.63, 3.8) is 0 Å². The quantitative estimate of drug-likeness (QED) is 0.154. The zero-order chi connectivity index (χ0) is 30.4. The fourth-order valence-corrected chi connectivity index (χ4v) is 5.50. The van der Waals surface area contributed by atoms with Gasteiger partial charge in [0.05, 0.1) is 44.5 Å². The van der Waals surface area contributed by atoms with E-state index in [4.69, 9.17) is 28.4 Å². The van der Waals surface area contributed by atoms with Crippen LogP contribution >= 0.6 is 15.9 Å². The zero-order valence-electron chi connectivity index (χ0n) is 22.9. The smallest absolute Gasteiger partial charge is 0.343 e. The molecular weight excluding hydrogens is 632 g/mol. The van der Waals surface area contributed by atoms with Gasteiger partial charge in [0.2, 0.25) is 9.84 Å². The van der Waals surface area contributed by atoms with Gasteiger partial charge in [-0.15, -0.1) is 0 Å². The number of methoxy groups -OCH3 is 4. The minimum absolute atomic E-state index is 0.0718. The summed E-state index contributed by atoms with van der Waals surface area (Å²) in [7, 11) is 1.50. The second kappa shape index (κ2) is 13.0. The predicted octanol–water partition coefficient (Wildman–Crippen LogP) is 5.75. The molecule has 4 aromatic carbocycles. The highest BCUT2D eigenvalue weighted by Crippen LogP contribution is 2.35. The van der Waals surface area contributed by atoms with E-state index in [9.17, 15) is 18.0 Å². The summed E-state index contributed by atoms with van der Waals surface area (Å²) in [5.41, 5.74) is 0.220. The summed E-state index contributed by atoms with van der Waals surface area (Å²) in [6.07, 6.45) is 0. The second-order valence-electron chi connectivity index (χ2n) is 8.48. The molecule has 0 bridgehead atoms. The van der Waals surface area contributed by atoms with Crippen molar-refractivity contribution in [3.8, 4) is 34.5 Å². The lowest BCUT2D eigenvalue weighted by Crippen LogP contribution is -2.13. The summed E-state index contributed by atoms with van der Waals surface area (Å²) in [5.74, 6) is -0.600. The Kier molecular flexibility index (Phi) is 9.38. The lowest BCUT2D eigenvalue weighted by molar-refractivity contribution is 0.0715. The molecule has 0 saturated carbocycles. The lowest BCUT2D eigenvalue weighted by Gasteiger charge is -2.14.